The van der Waals surface area contributed by atoms with Gasteiger partial charge < -0.3 is 0 Å². The van der Waals surface area contributed by atoms with Gasteiger partial charge in [-0.1, -0.05) is 0 Å². The van der Waals surface area contributed by atoms with Gasteiger partial charge in [-0.15, -0.1) is 0 Å². The molecule has 0 spiro atoms. The van der Waals surface area contributed by atoms with Crippen LogP contribution in [-0.2, 0) is 12.8 Å². The van der Waals surface area contributed by atoms with Crippen molar-refractivity contribution in [1.82, 2.24) is 0 Å². The Morgan fingerprint density at radius 1 is 0.636 bits per heavy atom. The average molecular weight is 426 g/mol. The zero-order valence-electron chi connectivity index (χ0n) is 12.7. The Labute approximate surface area is 144 Å². The molecule has 2 rings (SSSR count). The summed E-state index contributed by atoms with van der Waals surface area (Å²) < 4.78 is 0. The Morgan fingerprint density at radius 3 is 1.36 bits per heavy atom. The molecular weight excluding hydrogens is 402 g/mol. The van der Waals surface area contributed by atoms with Gasteiger partial charge in [-0.25, -0.2) is 0 Å². The number of benzene rings is 2. The van der Waals surface area contributed by atoms with Gasteiger partial charge in [-0.05, 0) is 0 Å². The van der Waals surface area contributed by atoms with E-state index >= 15 is 0 Å². The van der Waals surface area contributed by atoms with E-state index in [4.69, 9.17) is 11.5 Å². The summed E-state index contributed by atoms with van der Waals surface area (Å²) in [7, 11) is 0. The van der Waals surface area contributed by atoms with Crippen LogP contribution in [0.4, 0.5) is 0 Å². The van der Waals surface area contributed by atoms with Crippen LogP contribution in [0.3, 0.4) is 0 Å². The molecule has 0 fully saturated rings. The van der Waals surface area contributed by atoms with Gasteiger partial charge in [-0.2, -0.15) is 0 Å². The van der Waals surface area contributed by atoms with E-state index in [1.807, 2.05) is 0 Å². The van der Waals surface area contributed by atoms with Gasteiger partial charge in [0, 0.05) is 0 Å². The fourth-order valence-electron chi connectivity index (χ4n) is 2.22. The first-order chi connectivity index (χ1) is 10.7. The number of nitrogens with two attached hydrogens (primary N) is 2. The summed E-state index contributed by atoms with van der Waals surface area (Å²) in [6.45, 7) is 0. The molecule has 4 heteroatoms. The van der Waals surface area contributed by atoms with Crippen molar-refractivity contribution in [3.63, 3.8) is 0 Å². The Hall–Kier alpha value is -0.601. The third kappa shape index (κ3) is 7.11. The molecular formula is C18H24N2Se2. The topological polar surface area (TPSA) is 52.0 Å². The molecule has 0 aliphatic heterocycles. The van der Waals surface area contributed by atoms with Crippen LogP contribution in [0.15, 0.2) is 60.7 Å². The van der Waals surface area contributed by atoms with Crippen molar-refractivity contribution >= 4 is 26.3 Å². The fourth-order valence-corrected chi connectivity index (χ4v) is 9.76. The van der Waals surface area contributed by atoms with Crippen LogP contribution in [0.2, 0.25) is 10.6 Å². The molecule has 4 N–H and O–H groups in total. The minimum atomic E-state index is 0.301. The van der Waals surface area contributed by atoms with Gasteiger partial charge in [0.1, 0.15) is 0 Å². The van der Waals surface area contributed by atoms with Crippen LogP contribution in [0, 0.1) is 0 Å². The summed E-state index contributed by atoms with van der Waals surface area (Å²) in [5, 5.41) is 2.33. The SMILES string of the molecule is N[C@H](C[Se][Se]C[C@@H](N)Cc1ccccc1)Cc1ccccc1. The van der Waals surface area contributed by atoms with Crippen molar-refractivity contribution in [3.8, 4) is 0 Å². The minimum absolute atomic E-state index is 0.301. The molecule has 2 atom stereocenters. The quantitative estimate of drug-likeness (QED) is 0.478. The molecule has 0 aromatic heterocycles. The van der Waals surface area contributed by atoms with E-state index in [1.54, 1.807) is 0 Å². The molecule has 0 aliphatic rings. The number of rotatable bonds is 9. The van der Waals surface area contributed by atoms with Gasteiger partial charge in [0.2, 0.25) is 0 Å². The first-order valence-electron chi connectivity index (χ1n) is 7.57. The molecule has 2 aromatic rings. The van der Waals surface area contributed by atoms with Crippen molar-refractivity contribution in [2.75, 3.05) is 0 Å². The van der Waals surface area contributed by atoms with Crippen LogP contribution in [0.25, 0.3) is 0 Å². The average Bonchev–Trinajstić information content (AvgIpc) is 2.53. The van der Waals surface area contributed by atoms with E-state index in [-0.39, 0.29) is 0 Å². The van der Waals surface area contributed by atoms with E-state index in [9.17, 15) is 0 Å². The van der Waals surface area contributed by atoms with Gasteiger partial charge in [0.25, 0.3) is 0 Å². The van der Waals surface area contributed by atoms with Crippen molar-refractivity contribution in [2.24, 2.45) is 11.5 Å². The van der Waals surface area contributed by atoms with E-state index in [2.05, 4.69) is 60.7 Å². The summed E-state index contributed by atoms with van der Waals surface area (Å²) in [5.41, 5.74) is 15.2. The van der Waals surface area contributed by atoms with E-state index < -0.39 is 0 Å². The zero-order valence-corrected chi connectivity index (χ0v) is 16.2. The summed E-state index contributed by atoms with van der Waals surface area (Å²) in [4.78, 5) is 0. The molecule has 22 heavy (non-hydrogen) atoms. The molecule has 0 heterocycles. The Morgan fingerprint density at radius 2 is 1.00 bits per heavy atom. The van der Waals surface area contributed by atoms with Crippen molar-refractivity contribution in [2.45, 2.75) is 35.6 Å². The van der Waals surface area contributed by atoms with Gasteiger partial charge >= 0.3 is 145 Å². The predicted octanol–water partition coefficient (Wildman–Crippen LogP) is 2.29. The number of hydrogen-bond acceptors (Lipinski definition) is 2. The maximum atomic E-state index is 6.24. The van der Waals surface area contributed by atoms with Crippen LogP contribution in [-0.4, -0.2) is 38.3 Å². The summed E-state index contributed by atoms with van der Waals surface area (Å²) >= 11 is 1.32. The molecule has 0 saturated carbocycles. The molecule has 2 nitrogen and oxygen atoms in total. The molecule has 2 aromatic carbocycles. The van der Waals surface area contributed by atoms with Crippen molar-refractivity contribution < 1.29 is 0 Å². The summed E-state index contributed by atoms with van der Waals surface area (Å²) in [6, 6.07) is 21.7. The second kappa shape index (κ2) is 10.2. The van der Waals surface area contributed by atoms with Gasteiger partial charge in [0.05, 0.1) is 0 Å². The third-order valence-electron chi connectivity index (χ3n) is 3.33. The molecule has 0 unspecified atom stereocenters. The van der Waals surface area contributed by atoms with Gasteiger partial charge in [-0.3, -0.25) is 0 Å². The molecule has 0 radical (unpaired) electrons. The number of hydrogen-bond donors (Lipinski definition) is 2. The molecule has 0 amide bonds. The zero-order chi connectivity index (χ0) is 15.6. The summed E-state index contributed by atoms with van der Waals surface area (Å²) in [5.74, 6) is 0. The maximum absolute atomic E-state index is 6.24. The molecule has 118 valence electrons. The normalized spacial score (nSPS) is 13.7. The summed E-state index contributed by atoms with van der Waals surface area (Å²) in [6.07, 6.45) is 1.99. The van der Waals surface area contributed by atoms with E-state index in [1.165, 1.54) is 21.8 Å². The second-order valence-electron chi connectivity index (χ2n) is 5.47. The van der Waals surface area contributed by atoms with Crippen LogP contribution >= 0.6 is 0 Å². The molecule has 0 bridgehead atoms. The van der Waals surface area contributed by atoms with E-state index in [0.717, 1.165) is 12.8 Å². The Balaban J connectivity index is 1.58. The standard InChI is InChI=1S/C18H24N2Se2/c19-17(11-15-7-3-1-4-8-15)13-21-22-14-18(20)12-16-9-5-2-6-10-16/h1-10,17-18H,11-14,19-20H2/t17-,18-/m0/s1. The Bertz CT molecular complexity index is 470. The first-order valence-corrected chi connectivity index (χ1v) is 14.3. The van der Waals surface area contributed by atoms with Crippen molar-refractivity contribution in [1.29, 1.82) is 0 Å². The predicted molar refractivity (Wildman–Crippen MR) is 97.4 cm³/mol. The van der Waals surface area contributed by atoms with Crippen LogP contribution in [0.1, 0.15) is 11.1 Å². The van der Waals surface area contributed by atoms with Crippen LogP contribution in [0.5, 0.6) is 0 Å². The monoisotopic (exact) mass is 428 g/mol. The second-order valence-corrected chi connectivity index (χ2v) is 13.0. The molecule has 0 saturated heterocycles. The van der Waals surface area contributed by atoms with Crippen LogP contribution < -0.4 is 11.5 Å². The van der Waals surface area contributed by atoms with E-state index in [0.29, 0.717) is 38.3 Å². The fraction of sp³-hybridized carbons (Fsp3) is 0.333. The molecule has 0 aliphatic carbocycles. The van der Waals surface area contributed by atoms with Gasteiger partial charge in [0.15, 0.2) is 0 Å². The third-order valence-corrected chi connectivity index (χ3v) is 10.8. The first kappa shape index (κ1) is 17.7. The van der Waals surface area contributed by atoms with Crippen molar-refractivity contribution in [3.05, 3.63) is 71.8 Å². The Kier molecular flexibility index (Phi) is 8.25.